The largest absolute Gasteiger partial charge is 0.524 e. The summed E-state index contributed by atoms with van der Waals surface area (Å²) in [7, 11) is -5.64. The van der Waals surface area contributed by atoms with E-state index in [2.05, 4.69) is 0 Å². The molecule has 0 N–H and O–H groups in total. The molecule has 0 aliphatic rings. The van der Waals surface area contributed by atoms with Gasteiger partial charge in [0.05, 0.1) is 0 Å². The summed E-state index contributed by atoms with van der Waals surface area (Å²) >= 11 is 0. The number of methoxy groups -OCH3 is 3. The van der Waals surface area contributed by atoms with E-state index in [0.29, 0.717) is 0 Å². The van der Waals surface area contributed by atoms with Crippen LogP contribution in [0.15, 0.2) is 87.5 Å². The number of benzene rings is 3. The normalized spacial score (nSPS) is 12.7. The van der Waals surface area contributed by atoms with Crippen molar-refractivity contribution in [3.63, 3.8) is 0 Å². The van der Waals surface area contributed by atoms with E-state index in [1.54, 1.807) is 18.2 Å². The standard InChI is InChI=1S/C25H27F3O9S2/c1-31-16-34-19-7-4-10-22(13-19)38(37-39(29,30)25(26,27)28,23-11-5-8-20(14-23)35-17-32-2)24-12-6-9-21(15-24)36-18-33-3/h4-15H,16-18H2,1-3H3. The summed E-state index contributed by atoms with van der Waals surface area (Å²) in [6.07, 6.45) is 0. The van der Waals surface area contributed by atoms with E-state index in [0.717, 1.165) is 0 Å². The molecule has 0 aliphatic heterocycles. The number of rotatable bonds is 14. The van der Waals surface area contributed by atoms with Crippen molar-refractivity contribution in [2.45, 2.75) is 20.2 Å². The Balaban J connectivity index is 2.39. The molecule has 0 amide bonds. The summed E-state index contributed by atoms with van der Waals surface area (Å²) < 4.78 is 103. The van der Waals surface area contributed by atoms with Crippen molar-refractivity contribution < 1.29 is 53.6 Å². The molecule has 0 saturated carbocycles. The van der Waals surface area contributed by atoms with Crippen molar-refractivity contribution in [1.29, 1.82) is 0 Å². The lowest BCUT2D eigenvalue weighted by molar-refractivity contribution is -0.0496. The van der Waals surface area contributed by atoms with Gasteiger partial charge in [0, 0.05) is 36.0 Å². The summed E-state index contributed by atoms with van der Waals surface area (Å²) in [4.78, 5) is 0.241. The highest BCUT2D eigenvalue weighted by atomic mass is 32.3. The van der Waals surface area contributed by atoms with E-state index in [1.165, 1.54) is 75.9 Å². The molecule has 0 unspecified atom stereocenters. The first-order chi connectivity index (χ1) is 18.6. The molecule has 0 saturated heterocycles. The van der Waals surface area contributed by atoms with Crippen LogP contribution in [0, 0.1) is 0 Å². The fourth-order valence-electron chi connectivity index (χ4n) is 3.31. The maximum Gasteiger partial charge on any atom is 0.524 e. The summed E-state index contributed by atoms with van der Waals surface area (Å²) in [5, 5.41) is 0. The summed E-state index contributed by atoms with van der Waals surface area (Å²) in [6, 6.07) is 17.7. The van der Waals surface area contributed by atoms with Gasteiger partial charge >= 0.3 is 15.6 Å². The topological polar surface area (TPSA) is 98.8 Å². The third kappa shape index (κ3) is 7.35. The molecule has 39 heavy (non-hydrogen) atoms. The van der Waals surface area contributed by atoms with E-state index in [4.69, 9.17) is 32.1 Å². The lowest BCUT2D eigenvalue weighted by atomic mass is 10.3. The Bertz CT molecular complexity index is 1210. The molecule has 0 radical (unpaired) electrons. The summed E-state index contributed by atoms with van der Waals surface area (Å²) in [5.41, 5.74) is -5.72. The van der Waals surface area contributed by atoms with Crippen molar-refractivity contribution in [3.8, 4) is 17.2 Å². The third-order valence-corrected chi connectivity index (χ3v) is 9.77. The number of halogens is 3. The third-order valence-electron chi connectivity index (χ3n) is 4.92. The molecule has 0 aliphatic carbocycles. The minimum absolute atomic E-state index is 0.0803. The molecule has 0 aromatic heterocycles. The van der Waals surface area contributed by atoms with Crippen molar-refractivity contribution in [3.05, 3.63) is 72.8 Å². The van der Waals surface area contributed by atoms with Crippen LogP contribution >= 0.6 is 10.3 Å². The Morgan fingerprint density at radius 2 is 0.949 bits per heavy atom. The molecule has 3 rings (SSSR count). The predicted octanol–water partition coefficient (Wildman–Crippen LogP) is 5.70. The molecule has 3 aromatic carbocycles. The Kier molecular flexibility index (Phi) is 10.5. The van der Waals surface area contributed by atoms with Crippen LogP contribution in [0.2, 0.25) is 0 Å². The van der Waals surface area contributed by atoms with Crippen LogP contribution in [0.5, 0.6) is 17.2 Å². The van der Waals surface area contributed by atoms with Gasteiger partial charge in [-0.15, -0.1) is 0 Å². The lowest BCUT2D eigenvalue weighted by Gasteiger charge is -2.39. The zero-order valence-electron chi connectivity index (χ0n) is 21.2. The highest BCUT2D eigenvalue weighted by Crippen LogP contribution is 2.71. The van der Waals surface area contributed by atoms with Crippen LogP contribution in [0.1, 0.15) is 0 Å². The predicted molar refractivity (Wildman–Crippen MR) is 135 cm³/mol. The van der Waals surface area contributed by atoms with Gasteiger partial charge in [-0.1, -0.05) is 18.2 Å². The SMILES string of the molecule is COCOc1cccc(S(OS(=O)(=O)C(F)(F)F)(c2cccc(OCOC)c2)c2cccc(OCOC)c2)c1. The average Bonchev–Trinajstić information content (AvgIpc) is 2.92. The van der Waals surface area contributed by atoms with Gasteiger partial charge in [0.1, 0.15) is 17.2 Å². The first kappa shape index (κ1) is 30.5. The smallest absolute Gasteiger partial charge is 0.468 e. The fourth-order valence-corrected chi connectivity index (χ4v) is 8.11. The van der Waals surface area contributed by atoms with E-state index in [1.807, 2.05) is 0 Å². The van der Waals surface area contributed by atoms with Gasteiger partial charge < -0.3 is 28.4 Å². The average molecular weight is 593 g/mol. The monoisotopic (exact) mass is 592 g/mol. The van der Waals surface area contributed by atoms with Gasteiger partial charge in [-0.3, -0.25) is 0 Å². The zero-order valence-corrected chi connectivity index (χ0v) is 22.8. The van der Waals surface area contributed by atoms with Gasteiger partial charge in [0.2, 0.25) is 0 Å². The molecule has 214 valence electrons. The highest BCUT2D eigenvalue weighted by molar-refractivity contribution is 8.33. The molecule has 3 aromatic rings. The maximum absolute atomic E-state index is 13.8. The molecule has 14 heteroatoms. The molecule has 0 spiro atoms. The molecule has 0 fully saturated rings. The van der Waals surface area contributed by atoms with E-state index >= 15 is 0 Å². The zero-order chi connectivity index (χ0) is 28.5. The Morgan fingerprint density at radius 1 is 0.615 bits per heavy atom. The number of hydrogen-bond acceptors (Lipinski definition) is 9. The van der Waals surface area contributed by atoms with E-state index < -0.39 is 25.9 Å². The summed E-state index contributed by atoms with van der Waals surface area (Å²) in [5.74, 6) is 0.619. The number of alkyl halides is 3. The van der Waals surface area contributed by atoms with Crippen LogP contribution in [0.25, 0.3) is 0 Å². The van der Waals surface area contributed by atoms with Crippen molar-refractivity contribution in [1.82, 2.24) is 0 Å². The summed E-state index contributed by atoms with van der Waals surface area (Å²) in [6.45, 7) is -0.476. The van der Waals surface area contributed by atoms with Crippen molar-refractivity contribution in [2.75, 3.05) is 41.7 Å². The van der Waals surface area contributed by atoms with Gasteiger partial charge in [-0.25, -0.2) is 0 Å². The Hall–Kier alpha value is -3.01. The molecular formula is C25H27F3O9S2. The number of hydrogen-bond donors (Lipinski definition) is 0. The Labute approximate surface area is 225 Å². The van der Waals surface area contributed by atoms with Crippen LogP contribution in [0.3, 0.4) is 0 Å². The van der Waals surface area contributed by atoms with Gasteiger partial charge in [-0.2, -0.15) is 25.2 Å². The van der Waals surface area contributed by atoms with Gasteiger partial charge in [0.25, 0.3) is 0 Å². The van der Waals surface area contributed by atoms with Crippen molar-refractivity contribution >= 4 is 20.4 Å². The lowest BCUT2D eigenvalue weighted by Crippen LogP contribution is -2.27. The van der Waals surface area contributed by atoms with Crippen LogP contribution < -0.4 is 14.2 Å². The van der Waals surface area contributed by atoms with Gasteiger partial charge in [-0.05, 0) is 64.9 Å². The molecule has 9 nitrogen and oxygen atoms in total. The second-order valence-corrected chi connectivity index (χ2v) is 12.0. The minimum atomic E-state index is -6.15. The van der Waals surface area contributed by atoms with Gasteiger partial charge in [0.15, 0.2) is 20.4 Å². The Morgan fingerprint density at radius 3 is 1.23 bits per heavy atom. The first-order valence-electron chi connectivity index (χ1n) is 11.1. The molecule has 0 atom stereocenters. The number of ether oxygens (including phenoxy) is 6. The van der Waals surface area contributed by atoms with E-state index in [9.17, 15) is 21.6 Å². The first-order valence-corrected chi connectivity index (χ1v) is 14.0. The second-order valence-electron chi connectivity index (χ2n) is 7.60. The fraction of sp³-hybridized carbons (Fsp3) is 0.280. The molecular weight excluding hydrogens is 565 g/mol. The van der Waals surface area contributed by atoms with E-state index in [-0.39, 0.29) is 52.3 Å². The highest BCUT2D eigenvalue weighted by Gasteiger charge is 2.52. The van der Waals surface area contributed by atoms with Crippen molar-refractivity contribution in [2.24, 2.45) is 0 Å². The van der Waals surface area contributed by atoms with Crippen LogP contribution in [-0.4, -0.2) is 55.6 Å². The molecule has 0 heterocycles. The molecule has 0 bridgehead atoms. The second kappa shape index (κ2) is 13.4. The minimum Gasteiger partial charge on any atom is -0.468 e. The van der Waals surface area contributed by atoms with Crippen LogP contribution in [0.4, 0.5) is 13.2 Å². The quantitative estimate of drug-likeness (QED) is 0.173. The van der Waals surface area contributed by atoms with Crippen LogP contribution in [-0.2, 0) is 28.0 Å². The maximum atomic E-state index is 13.8.